The highest BCUT2D eigenvalue weighted by atomic mass is 35.5. The van der Waals surface area contributed by atoms with Crippen molar-refractivity contribution < 1.29 is 14.3 Å². The van der Waals surface area contributed by atoms with Crippen LogP contribution in [0.5, 0.6) is 0 Å². The number of hydrogen-bond donors (Lipinski definition) is 0. The highest BCUT2D eigenvalue weighted by Crippen LogP contribution is 2.31. The molecular formula is C20H28ClN3O3. The molecule has 1 aromatic rings. The van der Waals surface area contributed by atoms with Crippen LogP contribution >= 0.6 is 11.6 Å². The molecule has 2 aliphatic heterocycles. The lowest BCUT2D eigenvalue weighted by molar-refractivity contribution is -0.120. The number of ether oxygens (including phenoxy) is 1. The number of fused-ring (bicyclic) bond motifs is 1. The summed E-state index contributed by atoms with van der Waals surface area (Å²) in [6.45, 7) is 10.4. The van der Waals surface area contributed by atoms with Gasteiger partial charge in [-0.05, 0) is 51.8 Å². The van der Waals surface area contributed by atoms with Gasteiger partial charge >= 0.3 is 6.09 Å². The Morgan fingerprint density at radius 1 is 1.30 bits per heavy atom. The summed E-state index contributed by atoms with van der Waals surface area (Å²) in [6, 6.07) is 5.86. The van der Waals surface area contributed by atoms with Crippen molar-refractivity contribution in [1.82, 2.24) is 9.80 Å². The zero-order valence-electron chi connectivity index (χ0n) is 16.5. The number of likely N-dealkylation sites (N-methyl/N-ethyl adjacent to an activating group) is 1. The van der Waals surface area contributed by atoms with Crippen molar-refractivity contribution in [3.05, 3.63) is 28.8 Å². The van der Waals surface area contributed by atoms with Crippen LogP contribution in [-0.2, 0) is 16.1 Å². The van der Waals surface area contributed by atoms with Crippen molar-refractivity contribution in [3.63, 3.8) is 0 Å². The standard InChI is InChI=1S/C20H28ClN3O3/c1-5-24-17-10-15(21)7-6-14(17)11-23(13-18(24)25)16-8-9-22(12-16)19(26)27-20(2,3)4/h6-7,10,16H,5,8-9,11-13H2,1-4H3/t16-/m1/s1. The first-order chi connectivity index (χ1) is 12.7. The molecular weight excluding hydrogens is 366 g/mol. The Hall–Kier alpha value is -1.79. The summed E-state index contributed by atoms with van der Waals surface area (Å²) in [5.41, 5.74) is 1.47. The summed E-state index contributed by atoms with van der Waals surface area (Å²) >= 11 is 6.16. The monoisotopic (exact) mass is 393 g/mol. The van der Waals surface area contributed by atoms with E-state index in [1.165, 1.54) is 0 Å². The summed E-state index contributed by atoms with van der Waals surface area (Å²) in [7, 11) is 0. The van der Waals surface area contributed by atoms with Crippen molar-refractivity contribution in [3.8, 4) is 0 Å². The van der Waals surface area contributed by atoms with E-state index in [2.05, 4.69) is 4.90 Å². The van der Waals surface area contributed by atoms with Gasteiger partial charge in [0.15, 0.2) is 0 Å². The van der Waals surface area contributed by atoms with E-state index in [9.17, 15) is 9.59 Å². The first kappa shape index (κ1) is 20.0. The van der Waals surface area contributed by atoms with Crippen molar-refractivity contribution in [2.45, 2.75) is 52.3 Å². The zero-order valence-corrected chi connectivity index (χ0v) is 17.3. The van der Waals surface area contributed by atoms with Crippen LogP contribution in [0.15, 0.2) is 18.2 Å². The van der Waals surface area contributed by atoms with Crippen molar-refractivity contribution >= 4 is 29.3 Å². The van der Waals surface area contributed by atoms with Crippen LogP contribution < -0.4 is 4.90 Å². The fraction of sp³-hybridized carbons (Fsp3) is 0.600. The molecule has 148 valence electrons. The molecule has 0 spiro atoms. The molecule has 2 amide bonds. The van der Waals surface area contributed by atoms with Crippen LogP contribution in [0.25, 0.3) is 0 Å². The molecule has 1 saturated heterocycles. The Morgan fingerprint density at radius 3 is 2.70 bits per heavy atom. The van der Waals surface area contributed by atoms with Gasteiger partial charge in [-0.2, -0.15) is 0 Å². The van der Waals surface area contributed by atoms with Gasteiger partial charge < -0.3 is 14.5 Å². The van der Waals surface area contributed by atoms with E-state index >= 15 is 0 Å². The highest BCUT2D eigenvalue weighted by Gasteiger charge is 2.36. The van der Waals surface area contributed by atoms with Crippen LogP contribution in [0.3, 0.4) is 0 Å². The maximum Gasteiger partial charge on any atom is 0.410 e. The smallest absolute Gasteiger partial charge is 0.410 e. The lowest BCUT2D eigenvalue weighted by atomic mass is 10.1. The molecule has 0 aromatic heterocycles. The molecule has 27 heavy (non-hydrogen) atoms. The van der Waals surface area contributed by atoms with Crippen LogP contribution in [-0.4, -0.2) is 59.6 Å². The zero-order chi connectivity index (χ0) is 19.8. The molecule has 0 aliphatic carbocycles. The molecule has 0 bridgehead atoms. The van der Waals surface area contributed by atoms with Gasteiger partial charge in [0, 0.05) is 42.9 Å². The Balaban J connectivity index is 1.76. The van der Waals surface area contributed by atoms with E-state index in [0.717, 1.165) is 17.7 Å². The average Bonchev–Trinajstić information content (AvgIpc) is 3.00. The molecule has 1 aromatic carbocycles. The minimum Gasteiger partial charge on any atom is -0.444 e. The Bertz CT molecular complexity index is 732. The van der Waals surface area contributed by atoms with Gasteiger partial charge in [-0.1, -0.05) is 17.7 Å². The number of halogens is 1. The third-order valence-corrected chi connectivity index (χ3v) is 5.23. The lowest BCUT2D eigenvalue weighted by Gasteiger charge is -2.28. The number of likely N-dealkylation sites (tertiary alicyclic amines) is 1. The molecule has 1 fully saturated rings. The normalized spacial score (nSPS) is 21.2. The molecule has 2 aliphatic rings. The van der Waals surface area contributed by atoms with Crippen LogP contribution in [0.2, 0.25) is 5.02 Å². The molecule has 0 N–H and O–H groups in total. The molecule has 2 heterocycles. The third-order valence-electron chi connectivity index (χ3n) is 5.00. The molecule has 1 atom stereocenters. The number of nitrogens with zero attached hydrogens (tertiary/aromatic N) is 3. The number of carbonyl (C=O) groups is 2. The Labute approximate surface area is 166 Å². The third kappa shape index (κ3) is 4.55. The molecule has 0 radical (unpaired) electrons. The summed E-state index contributed by atoms with van der Waals surface area (Å²) in [4.78, 5) is 30.9. The van der Waals surface area contributed by atoms with Crippen molar-refractivity contribution in [2.75, 3.05) is 31.1 Å². The predicted octanol–water partition coefficient (Wildman–Crippen LogP) is 3.52. The Kier molecular flexibility index (Phi) is 5.68. The van der Waals surface area contributed by atoms with Gasteiger partial charge in [0.1, 0.15) is 5.60 Å². The molecule has 0 unspecified atom stereocenters. The quantitative estimate of drug-likeness (QED) is 0.771. The largest absolute Gasteiger partial charge is 0.444 e. The van der Waals surface area contributed by atoms with Crippen LogP contribution in [0.1, 0.15) is 39.7 Å². The van der Waals surface area contributed by atoms with E-state index in [0.29, 0.717) is 37.7 Å². The predicted molar refractivity (Wildman–Crippen MR) is 106 cm³/mol. The lowest BCUT2D eigenvalue weighted by Crippen LogP contribution is -2.44. The summed E-state index contributed by atoms with van der Waals surface area (Å²) in [6.07, 6.45) is 0.551. The number of anilines is 1. The minimum absolute atomic E-state index is 0.0641. The van der Waals surface area contributed by atoms with Gasteiger partial charge in [-0.25, -0.2) is 4.79 Å². The molecule has 6 nitrogen and oxygen atoms in total. The fourth-order valence-electron chi connectivity index (χ4n) is 3.73. The topological polar surface area (TPSA) is 53.1 Å². The van der Waals surface area contributed by atoms with E-state index in [1.54, 1.807) is 9.80 Å². The van der Waals surface area contributed by atoms with Gasteiger partial charge in [0.2, 0.25) is 5.91 Å². The second-order valence-corrected chi connectivity index (χ2v) is 8.62. The second kappa shape index (κ2) is 7.68. The molecule has 3 rings (SSSR count). The summed E-state index contributed by atoms with van der Waals surface area (Å²) in [5, 5.41) is 0.630. The minimum atomic E-state index is -0.506. The summed E-state index contributed by atoms with van der Waals surface area (Å²) < 4.78 is 5.49. The van der Waals surface area contributed by atoms with Crippen molar-refractivity contribution in [1.29, 1.82) is 0 Å². The molecule has 0 saturated carbocycles. The maximum absolute atomic E-state index is 12.8. The second-order valence-electron chi connectivity index (χ2n) is 8.18. The number of benzene rings is 1. The number of rotatable bonds is 2. The first-order valence-electron chi connectivity index (χ1n) is 9.48. The van der Waals surface area contributed by atoms with Crippen molar-refractivity contribution in [2.24, 2.45) is 0 Å². The number of amides is 2. The van der Waals surface area contributed by atoms with E-state index in [1.807, 2.05) is 45.9 Å². The van der Waals surface area contributed by atoms with E-state index < -0.39 is 5.60 Å². The highest BCUT2D eigenvalue weighted by molar-refractivity contribution is 6.31. The number of hydrogen-bond acceptors (Lipinski definition) is 4. The number of carbonyl (C=O) groups excluding carboxylic acids is 2. The fourth-order valence-corrected chi connectivity index (χ4v) is 3.89. The van der Waals surface area contributed by atoms with Gasteiger partial charge in [-0.15, -0.1) is 0 Å². The van der Waals surface area contributed by atoms with Crippen LogP contribution in [0.4, 0.5) is 10.5 Å². The van der Waals surface area contributed by atoms with Gasteiger partial charge in [-0.3, -0.25) is 9.69 Å². The Morgan fingerprint density at radius 2 is 2.04 bits per heavy atom. The van der Waals surface area contributed by atoms with E-state index in [-0.39, 0.29) is 18.0 Å². The van der Waals surface area contributed by atoms with Gasteiger partial charge in [0.25, 0.3) is 0 Å². The molecule has 7 heteroatoms. The SMILES string of the molecule is CCN1C(=O)CN([C@@H]2CCN(C(=O)OC(C)(C)C)C2)Cc2ccc(Cl)cc21. The van der Waals surface area contributed by atoms with Gasteiger partial charge in [0.05, 0.1) is 6.54 Å². The average molecular weight is 394 g/mol. The summed E-state index contributed by atoms with van der Waals surface area (Å²) in [5.74, 6) is 0.0641. The van der Waals surface area contributed by atoms with E-state index in [4.69, 9.17) is 16.3 Å². The first-order valence-corrected chi connectivity index (χ1v) is 9.86. The van der Waals surface area contributed by atoms with Crippen LogP contribution in [0, 0.1) is 0 Å². The maximum atomic E-state index is 12.8.